The third-order valence-electron chi connectivity index (χ3n) is 3.74. The number of carboxylic acids is 1. The highest BCUT2D eigenvalue weighted by Crippen LogP contribution is 2.23. The number of fused-ring (bicyclic) bond motifs is 1. The highest BCUT2D eigenvalue weighted by molar-refractivity contribution is 5.82. The molecular weight excluding hydrogens is 306 g/mol. The van der Waals surface area contributed by atoms with E-state index in [-0.39, 0.29) is 5.97 Å². The van der Waals surface area contributed by atoms with E-state index in [1.807, 2.05) is 30.3 Å². The largest absolute Gasteiger partial charge is 0.481 e. The molecule has 0 radical (unpaired) electrons. The molecule has 5 heteroatoms. The summed E-state index contributed by atoms with van der Waals surface area (Å²) in [5, 5.41) is 10.1. The van der Waals surface area contributed by atoms with E-state index in [0.717, 1.165) is 16.5 Å². The van der Waals surface area contributed by atoms with E-state index in [4.69, 9.17) is 9.84 Å². The normalized spacial score (nSPS) is 13.2. The van der Waals surface area contributed by atoms with Crippen LogP contribution in [0.4, 0.5) is 0 Å². The average molecular weight is 327 g/mol. The molecule has 126 valence electrons. The second-order valence-electron chi connectivity index (χ2n) is 6.30. The number of esters is 1. The maximum absolute atomic E-state index is 11.2. The van der Waals surface area contributed by atoms with Crippen LogP contribution in [0, 0.1) is 5.41 Å². The third kappa shape index (κ3) is 4.19. The van der Waals surface area contributed by atoms with E-state index < -0.39 is 17.5 Å². The molecule has 2 rings (SSSR count). The first-order chi connectivity index (χ1) is 11.2. The topological polar surface area (TPSA) is 76.5 Å². The van der Waals surface area contributed by atoms with Crippen molar-refractivity contribution in [1.29, 1.82) is 0 Å². The van der Waals surface area contributed by atoms with E-state index in [0.29, 0.717) is 5.69 Å². The molecule has 1 aromatic heterocycles. The standard InChI is InChI=1S/C19H21NO4/c1-12(24-13(2)21)16-8-7-15-6-5-14(11-17(15)20-16)9-10-19(3,4)18(22)23/h5-12H,1-4H3,(H,22,23)/t12-/m1/s1. The Morgan fingerprint density at radius 3 is 2.54 bits per heavy atom. The van der Waals surface area contributed by atoms with Crippen molar-refractivity contribution in [3.63, 3.8) is 0 Å². The molecule has 24 heavy (non-hydrogen) atoms. The number of benzene rings is 1. The fourth-order valence-electron chi connectivity index (χ4n) is 2.17. The van der Waals surface area contributed by atoms with E-state index in [9.17, 15) is 9.59 Å². The van der Waals surface area contributed by atoms with Crippen LogP contribution in [-0.2, 0) is 14.3 Å². The summed E-state index contributed by atoms with van der Waals surface area (Å²) in [6.45, 7) is 6.42. The van der Waals surface area contributed by atoms with Gasteiger partial charge in [-0.3, -0.25) is 9.59 Å². The zero-order valence-corrected chi connectivity index (χ0v) is 14.2. The van der Waals surface area contributed by atoms with E-state index in [2.05, 4.69) is 4.98 Å². The molecule has 0 spiro atoms. The van der Waals surface area contributed by atoms with Crippen molar-refractivity contribution in [2.24, 2.45) is 5.41 Å². The van der Waals surface area contributed by atoms with E-state index in [1.165, 1.54) is 6.92 Å². The van der Waals surface area contributed by atoms with Crippen LogP contribution in [0.15, 0.2) is 36.4 Å². The summed E-state index contributed by atoms with van der Waals surface area (Å²) in [5.41, 5.74) is 1.36. The van der Waals surface area contributed by atoms with Gasteiger partial charge in [0.15, 0.2) is 0 Å². The van der Waals surface area contributed by atoms with Gasteiger partial charge >= 0.3 is 11.9 Å². The van der Waals surface area contributed by atoms with E-state index >= 15 is 0 Å². The summed E-state index contributed by atoms with van der Waals surface area (Å²) < 4.78 is 5.15. The van der Waals surface area contributed by atoms with Crippen molar-refractivity contribution in [3.05, 3.63) is 47.7 Å². The van der Waals surface area contributed by atoms with Crippen LogP contribution in [0.2, 0.25) is 0 Å². The van der Waals surface area contributed by atoms with Crippen molar-refractivity contribution >= 4 is 28.9 Å². The second kappa shape index (κ2) is 6.83. The quantitative estimate of drug-likeness (QED) is 0.841. The van der Waals surface area contributed by atoms with Crippen LogP contribution in [0.3, 0.4) is 0 Å². The van der Waals surface area contributed by atoms with Crippen molar-refractivity contribution in [2.75, 3.05) is 0 Å². The summed E-state index contributed by atoms with van der Waals surface area (Å²) in [6, 6.07) is 9.47. The first-order valence-corrected chi connectivity index (χ1v) is 7.69. The van der Waals surface area contributed by atoms with Crippen LogP contribution >= 0.6 is 0 Å². The van der Waals surface area contributed by atoms with Crippen LogP contribution in [0.5, 0.6) is 0 Å². The lowest BCUT2D eigenvalue weighted by molar-refractivity contribution is -0.146. The Labute approximate surface area is 141 Å². The van der Waals surface area contributed by atoms with Gasteiger partial charge in [-0.15, -0.1) is 0 Å². The second-order valence-corrected chi connectivity index (χ2v) is 6.30. The molecule has 1 heterocycles. The Morgan fingerprint density at radius 2 is 1.92 bits per heavy atom. The molecular formula is C19H21NO4. The molecule has 0 saturated heterocycles. The number of nitrogens with zero attached hydrogens (tertiary/aromatic N) is 1. The van der Waals surface area contributed by atoms with Gasteiger partial charge in [-0.25, -0.2) is 4.98 Å². The minimum atomic E-state index is -0.936. The summed E-state index contributed by atoms with van der Waals surface area (Å²) in [5.74, 6) is -1.23. The van der Waals surface area contributed by atoms with Crippen molar-refractivity contribution in [3.8, 4) is 0 Å². The van der Waals surface area contributed by atoms with Crippen molar-refractivity contribution in [2.45, 2.75) is 33.8 Å². The Bertz CT molecular complexity index is 808. The molecule has 1 aromatic carbocycles. The predicted molar refractivity (Wildman–Crippen MR) is 92.4 cm³/mol. The van der Waals surface area contributed by atoms with Gasteiger partial charge in [0.1, 0.15) is 6.10 Å². The number of carboxylic acid groups (broad SMARTS) is 1. The molecule has 0 aliphatic rings. The smallest absolute Gasteiger partial charge is 0.312 e. The predicted octanol–water partition coefficient (Wildman–Crippen LogP) is 3.98. The molecule has 1 atom stereocenters. The molecule has 2 aromatic rings. The Balaban J connectivity index is 2.33. The molecule has 1 N–H and O–H groups in total. The Hall–Kier alpha value is -2.69. The number of aromatic nitrogens is 1. The number of hydrogen-bond acceptors (Lipinski definition) is 4. The lowest BCUT2D eigenvalue weighted by Gasteiger charge is -2.13. The zero-order chi connectivity index (χ0) is 17.9. The first kappa shape index (κ1) is 17.7. The molecule has 5 nitrogen and oxygen atoms in total. The molecule has 0 amide bonds. The number of rotatable bonds is 5. The summed E-state index contributed by atoms with van der Waals surface area (Å²) >= 11 is 0. The average Bonchev–Trinajstić information content (AvgIpc) is 2.51. The van der Waals surface area contributed by atoms with Gasteiger partial charge in [0, 0.05) is 12.3 Å². The monoisotopic (exact) mass is 327 g/mol. The fourth-order valence-corrected chi connectivity index (χ4v) is 2.17. The lowest BCUT2D eigenvalue weighted by Crippen LogP contribution is -2.20. The number of aliphatic carboxylic acids is 1. The van der Waals surface area contributed by atoms with Crippen LogP contribution in [0.1, 0.15) is 45.1 Å². The number of carbonyl (C=O) groups is 2. The van der Waals surface area contributed by atoms with Gasteiger partial charge in [-0.05, 0) is 38.5 Å². The zero-order valence-electron chi connectivity index (χ0n) is 14.2. The summed E-state index contributed by atoms with van der Waals surface area (Å²) in [6.07, 6.45) is 3.01. The van der Waals surface area contributed by atoms with E-state index in [1.54, 1.807) is 32.9 Å². The van der Waals surface area contributed by atoms with Crippen LogP contribution in [-0.4, -0.2) is 22.0 Å². The maximum atomic E-state index is 11.2. The lowest BCUT2D eigenvalue weighted by atomic mass is 9.92. The molecule has 0 aliphatic carbocycles. The third-order valence-corrected chi connectivity index (χ3v) is 3.74. The van der Waals surface area contributed by atoms with Gasteiger partial charge in [0.25, 0.3) is 0 Å². The van der Waals surface area contributed by atoms with Gasteiger partial charge in [0.05, 0.1) is 16.6 Å². The number of hydrogen-bond donors (Lipinski definition) is 1. The highest BCUT2D eigenvalue weighted by Gasteiger charge is 2.23. The van der Waals surface area contributed by atoms with Crippen molar-refractivity contribution in [1.82, 2.24) is 4.98 Å². The van der Waals surface area contributed by atoms with Crippen LogP contribution in [0.25, 0.3) is 17.0 Å². The molecule has 0 unspecified atom stereocenters. The molecule has 0 bridgehead atoms. The molecule has 0 fully saturated rings. The minimum absolute atomic E-state index is 0.350. The number of carbonyl (C=O) groups excluding carboxylic acids is 1. The van der Waals surface area contributed by atoms with Gasteiger partial charge in [-0.1, -0.05) is 30.4 Å². The first-order valence-electron chi connectivity index (χ1n) is 7.69. The number of ether oxygens (including phenoxy) is 1. The van der Waals surface area contributed by atoms with Crippen LogP contribution < -0.4 is 0 Å². The summed E-state index contributed by atoms with van der Waals surface area (Å²) in [4.78, 5) is 26.8. The Morgan fingerprint density at radius 1 is 1.25 bits per heavy atom. The number of pyridine rings is 1. The summed E-state index contributed by atoms with van der Waals surface area (Å²) in [7, 11) is 0. The van der Waals surface area contributed by atoms with Crippen molar-refractivity contribution < 1.29 is 19.4 Å². The molecule has 0 aliphatic heterocycles. The van der Waals surface area contributed by atoms with Gasteiger partial charge < -0.3 is 9.84 Å². The van der Waals surface area contributed by atoms with Gasteiger partial charge in [0.2, 0.25) is 0 Å². The minimum Gasteiger partial charge on any atom is -0.481 e. The fraction of sp³-hybridized carbons (Fsp3) is 0.316. The Kier molecular flexibility index (Phi) is 5.02. The highest BCUT2D eigenvalue weighted by atomic mass is 16.5. The maximum Gasteiger partial charge on any atom is 0.312 e. The van der Waals surface area contributed by atoms with Gasteiger partial charge in [-0.2, -0.15) is 0 Å². The SMILES string of the molecule is CC(=O)O[C@H](C)c1ccc2ccc(C=CC(C)(C)C(=O)O)cc2n1. The molecule has 0 saturated carbocycles.